The number of carbonyl (C=O) groups excluding carboxylic acids is 1. The molecule has 1 aliphatic rings. The number of aromatic nitrogens is 4. The predicted octanol–water partition coefficient (Wildman–Crippen LogP) is 2.41. The maximum atomic E-state index is 12.3. The zero-order chi connectivity index (χ0) is 20.2. The van der Waals surface area contributed by atoms with Crippen LogP contribution in [0.4, 0.5) is 0 Å². The van der Waals surface area contributed by atoms with Gasteiger partial charge in [-0.05, 0) is 25.1 Å². The van der Waals surface area contributed by atoms with Gasteiger partial charge in [0.1, 0.15) is 5.69 Å². The Balaban J connectivity index is 1.50. The van der Waals surface area contributed by atoms with Crippen molar-refractivity contribution >= 4 is 11.6 Å². The van der Waals surface area contributed by atoms with E-state index >= 15 is 0 Å². The summed E-state index contributed by atoms with van der Waals surface area (Å²) in [6, 6.07) is 13.2. The molecule has 1 unspecified atom stereocenters. The summed E-state index contributed by atoms with van der Waals surface area (Å²) in [5.74, 6) is -0.206. The van der Waals surface area contributed by atoms with Gasteiger partial charge in [-0.1, -0.05) is 23.4 Å². The van der Waals surface area contributed by atoms with Crippen LogP contribution in [0, 0.1) is 6.92 Å². The number of rotatable bonds is 3. The molecule has 8 nitrogen and oxygen atoms in total. The number of benzene rings is 1. The minimum atomic E-state index is -1.65. The van der Waals surface area contributed by atoms with E-state index in [1.165, 1.54) is 4.90 Å². The van der Waals surface area contributed by atoms with Gasteiger partial charge in [-0.15, -0.1) is 0 Å². The average Bonchev–Trinajstić information content (AvgIpc) is 3.42. The monoisotopic (exact) mass is 389 g/mol. The van der Waals surface area contributed by atoms with Gasteiger partial charge in [-0.25, -0.2) is 9.50 Å². The number of nitrogens with zero attached hydrogens (tertiary/aromatic N) is 5. The molecule has 0 radical (unpaired) electrons. The van der Waals surface area contributed by atoms with Crippen molar-refractivity contribution in [1.82, 2.24) is 24.7 Å². The van der Waals surface area contributed by atoms with Crippen LogP contribution in [0.25, 0.3) is 28.2 Å². The molecular formula is C21H19N5O3. The number of hydrogen-bond donors (Lipinski definition) is 1. The van der Waals surface area contributed by atoms with E-state index < -0.39 is 5.60 Å². The largest absolute Gasteiger partial charge is 0.373 e. The topological polar surface area (TPSA) is 96.8 Å². The van der Waals surface area contributed by atoms with Crippen molar-refractivity contribution in [1.29, 1.82) is 0 Å². The number of carbonyl (C=O) groups is 1. The van der Waals surface area contributed by atoms with Gasteiger partial charge in [0.05, 0.1) is 17.6 Å². The van der Waals surface area contributed by atoms with Crippen molar-refractivity contribution in [3.05, 3.63) is 60.1 Å². The Hall–Kier alpha value is -3.52. The lowest BCUT2D eigenvalue weighted by Crippen LogP contribution is -2.35. The number of fused-ring (bicyclic) bond motifs is 1. The van der Waals surface area contributed by atoms with Crippen LogP contribution < -0.4 is 0 Å². The van der Waals surface area contributed by atoms with Crippen molar-refractivity contribution in [3.63, 3.8) is 0 Å². The molecule has 4 heterocycles. The second-order valence-electron chi connectivity index (χ2n) is 7.40. The highest BCUT2D eigenvalue weighted by atomic mass is 16.5. The third-order valence-electron chi connectivity index (χ3n) is 5.32. The average molecular weight is 389 g/mol. The summed E-state index contributed by atoms with van der Waals surface area (Å²) in [6.07, 6.45) is 2.16. The quantitative estimate of drug-likeness (QED) is 0.578. The van der Waals surface area contributed by atoms with E-state index in [2.05, 4.69) is 15.2 Å². The fraction of sp³-hybridized carbons (Fsp3) is 0.238. The number of hydrogen-bond acceptors (Lipinski definition) is 6. The van der Waals surface area contributed by atoms with Crippen LogP contribution in [0.3, 0.4) is 0 Å². The van der Waals surface area contributed by atoms with Gasteiger partial charge >= 0.3 is 0 Å². The Kier molecular flexibility index (Phi) is 3.78. The first kappa shape index (κ1) is 17.6. The highest BCUT2D eigenvalue weighted by Gasteiger charge is 2.48. The fourth-order valence-corrected chi connectivity index (χ4v) is 3.68. The van der Waals surface area contributed by atoms with E-state index in [1.54, 1.807) is 17.6 Å². The number of amides is 1. The van der Waals surface area contributed by atoms with E-state index in [1.807, 2.05) is 49.5 Å². The number of imidazole rings is 1. The second kappa shape index (κ2) is 6.25. The van der Waals surface area contributed by atoms with E-state index in [9.17, 15) is 9.90 Å². The SMILES string of the molecule is Cc1cn2nc(-c3cccc(-c4cc(C5(O)CCN(C)C5=O)on4)c3)ccc2n1. The van der Waals surface area contributed by atoms with Crippen molar-refractivity contribution in [2.24, 2.45) is 0 Å². The molecule has 8 heteroatoms. The van der Waals surface area contributed by atoms with Gasteiger partial charge in [0, 0.05) is 37.2 Å². The van der Waals surface area contributed by atoms with Crippen molar-refractivity contribution in [2.75, 3.05) is 13.6 Å². The van der Waals surface area contributed by atoms with Crippen LogP contribution in [0.2, 0.25) is 0 Å². The summed E-state index contributed by atoms with van der Waals surface area (Å²) in [7, 11) is 1.66. The molecule has 29 heavy (non-hydrogen) atoms. The Labute approximate surface area is 166 Å². The van der Waals surface area contributed by atoms with Gasteiger partial charge < -0.3 is 14.5 Å². The first-order chi connectivity index (χ1) is 13.9. The molecule has 0 bridgehead atoms. The molecule has 0 aliphatic carbocycles. The Bertz CT molecular complexity index is 1240. The van der Waals surface area contributed by atoms with Crippen molar-refractivity contribution in [3.8, 4) is 22.5 Å². The highest BCUT2D eigenvalue weighted by molar-refractivity contribution is 5.87. The van der Waals surface area contributed by atoms with Crippen molar-refractivity contribution in [2.45, 2.75) is 18.9 Å². The molecule has 1 atom stereocenters. The van der Waals surface area contributed by atoms with Gasteiger partial charge in [0.2, 0.25) is 5.60 Å². The van der Waals surface area contributed by atoms with Crippen LogP contribution in [-0.2, 0) is 10.4 Å². The molecule has 1 aromatic carbocycles. The third kappa shape index (κ3) is 2.80. The Morgan fingerprint density at radius 3 is 2.69 bits per heavy atom. The third-order valence-corrected chi connectivity index (χ3v) is 5.32. The minimum absolute atomic E-state index is 0.167. The molecule has 1 fully saturated rings. The first-order valence-corrected chi connectivity index (χ1v) is 9.33. The van der Waals surface area contributed by atoms with E-state index in [0.717, 1.165) is 28.2 Å². The van der Waals surface area contributed by atoms with Crippen LogP contribution in [0.1, 0.15) is 17.9 Å². The summed E-state index contributed by atoms with van der Waals surface area (Å²) in [5, 5.41) is 19.5. The second-order valence-corrected chi connectivity index (χ2v) is 7.40. The van der Waals surface area contributed by atoms with Crippen LogP contribution in [0.5, 0.6) is 0 Å². The van der Waals surface area contributed by atoms with E-state index in [-0.39, 0.29) is 18.1 Å². The van der Waals surface area contributed by atoms with Crippen LogP contribution in [0.15, 0.2) is 53.2 Å². The molecule has 146 valence electrons. The summed E-state index contributed by atoms with van der Waals surface area (Å²) in [6.45, 7) is 2.40. The first-order valence-electron chi connectivity index (χ1n) is 9.33. The zero-order valence-corrected chi connectivity index (χ0v) is 16.0. The fourth-order valence-electron chi connectivity index (χ4n) is 3.68. The predicted molar refractivity (Wildman–Crippen MR) is 105 cm³/mol. The number of likely N-dealkylation sites (N-methyl/N-ethyl adjacent to an activating group) is 1. The maximum absolute atomic E-state index is 12.3. The summed E-state index contributed by atoms with van der Waals surface area (Å²) < 4.78 is 7.11. The molecule has 1 N–H and O–H groups in total. The van der Waals surface area contributed by atoms with Gasteiger partial charge in [-0.3, -0.25) is 4.79 Å². The minimum Gasteiger partial charge on any atom is -0.373 e. The Morgan fingerprint density at radius 2 is 1.93 bits per heavy atom. The van der Waals surface area contributed by atoms with Crippen LogP contribution in [-0.4, -0.2) is 49.3 Å². The molecule has 4 aromatic rings. The summed E-state index contributed by atoms with van der Waals surface area (Å²) >= 11 is 0. The number of likely N-dealkylation sites (tertiary alicyclic amines) is 1. The van der Waals surface area contributed by atoms with E-state index in [4.69, 9.17) is 4.52 Å². The lowest BCUT2D eigenvalue weighted by molar-refractivity contribution is -0.144. The smallest absolute Gasteiger partial charge is 0.262 e. The maximum Gasteiger partial charge on any atom is 0.262 e. The Morgan fingerprint density at radius 1 is 1.14 bits per heavy atom. The van der Waals surface area contributed by atoms with Gasteiger partial charge in [0.15, 0.2) is 11.4 Å². The molecule has 5 rings (SSSR count). The molecule has 1 amide bonds. The zero-order valence-electron chi connectivity index (χ0n) is 16.0. The van der Waals surface area contributed by atoms with Gasteiger partial charge in [-0.2, -0.15) is 5.10 Å². The lowest BCUT2D eigenvalue weighted by atomic mass is 9.98. The molecule has 1 saturated heterocycles. The lowest BCUT2D eigenvalue weighted by Gasteiger charge is -2.16. The van der Waals surface area contributed by atoms with Crippen molar-refractivity contribution < 1.29 is 14.4 Å². The van der Waals surface area contributed by atoms with Gasteiger partial charge in [0.25, 0.3) is 5.91 Å². The summed E-state index contributed by atoms with van der Waals surface area (Å²) in [5.41, 5.74) is 3.12. The van der Waals surface area contributed by atoms with Crippen LogP contribution >= 0.6 is 0 Å². The molecular weight excluding hydrogens is 370 g/mol. The molecule has 1 aliphatic heterocycles. The molecule has 0 spiro atoms. The molecule has 0 saturated carbocycles. The standard InChI is InChI=1S/C21H19N5O3/c1-13-12-26-19(22-13)7-6-16(23-26)14-4-3-5-15(10-14)17-11-18(29-24-17)21(28)8-9-25(2)20(21)27/h3-7,10-12,28H,8-9H2,1-2H3. The van der Waals surface area contributed by atoms with E-state index in [0.29, 0.717) is 12.2 Å². The number of aliphatic hydroxyl groups is 1. The normalized spacial score (nSPS) is 19.4. The highest BCUT2D eigenvalue weighted by Crippen LogP contribution is 2.35. The summed E-state index contributed by atoms with van der Waals surface area (Å²) in [4.78, 5) is 18.2. The number of aryl methyl sites for hydroxylation is 1. The molecule has 3 aromatic heterocycles.